The smallest absolute Gasteiger partial charge is 0.255 e. The Labute approximate surface area is 198 Å². The second-order valence-corrected chi connectivity index (χ2v) is 8.14. The van der Waals surface area contributed by atoms with Crippen molar-refractivity contribution in [2.24, 2.45) is 0 Å². The third kappa shape index (κ3) is 4.96. The molecule has 7 heteroatoms. The number of nitrogens with zero attached hydrogens (tertiary/aromatic N) is 1. The van der Waals surface area contributed by atoms with Crippen molar-refractivity contribution < 1.29 is 19.1 Å². The number of fused-ring (bicyclic) bond motifs is 1. The number of amides is 2. The van der Waals surface area contributed by atoms with E-state index in [2.05, 4.69) is 5.32 Å². The number of nitrogens with one attached hydrogen (secondary N) is 1. The number of anilines is 1. The molecule has 1 aliphatic heterocycles. The quantitative estimate of drug-likeness (QED) is 0.479. The Kier molecular flexibility index (Phi) is 6.84. The summed E-state index contributed by atoms with van der Waals surface area (Å²) in [5.41, 5.74) is 3.05. The molecule has 0 bridgehead atoms. The van der Waals surface area contributed by atoms with Gasteiger partial charge in [-0.2, -0.15) is 0 Å². The molecule has 0 fully saturated rings. The first kappa shape index (κ1) is 22.7. The number of hydrogen-bond donors (Lipinski definition) is 1. The van der Waals surface area contributed by atoms with E-state index < -0.39 is 6.04 Å². The topological polar surface area (TPSA) is 67.9 Å². The third-order valence-electron chi connectivity index (χ3n) is 5.60. The normalized spacial score (nSPS) is 13.4. The van der Waals surface area contributed by atoms with Crippen molar-refractivity contribution in [2.75, 3.05) is 19.0 Å². The number of carbonyl (C=O) groups excluding carboxylic acids is 2. The van der Waals surface area contributed by atoms with Gasteiger partial charge < -0.3 is 19.7 Å². The van der Waals surface area contributed by atoms with Gasteiger partial charge >= 0.3 is 0 Å². The van der Waals surface area contributed by atoms with Crippen LogP contribution in [-0.2, 0) is 11.3 Å². The van der Waals surface area contributed by atoms with Crippen LogP contribution in [0.4, 0.5) is 5.69 Å². The maximum atomic E-state index is 13.2. The van der Waals surface area contributed by atoms with Crippen molar-refractivity contribution in [1.82, 2.24) is 4.90 Å². The van der Waals surface area contributed by atoms with Crippen LogP contribution in [0.2, 0.25) is 5.02 Å². The van der Waals surface area contributed by atoms with Gasteiger partial charge in [0.2, 0.25) is 5.91 Å². The van der Waals surface area contributed by atoms with Crippen LogP contribution in [0.5, 0.6) is 11.5 Å². The Morgan fingerprint density at radius 1 is 1.09 bits per heavy atom. The summed E-state index contributed by atoms with van der Waals surface area (Å²) >= 11 is 5.94. The molecule has 0 aromatic heterocycles. The van der Waals surface area contributed by atoms with E-state index >= 15 is 0 Å². The summed E-state index contributed by atoms with van der Waals surface area (Å²) in [6, 6.07) is 19.5. The predicted molar refractivity (Wildman–Crippen MR) is 128 cm³/mol. The SMILES string of the molecule is CCOc1ccc([C@@H](CC(=O)Nc2ccc(Cl)cc2)N2Cc3ccccc3C2=O)cc1OC. The summed E-state index contributed by atoms with van der Waals surface area (Å²) in [6.45, 7) is 2.84. The van der Waals surface area contributed by atoms with Gasteiger partial charge in [0.05, 0.1) is 26.2 Å². The minimum absolute atomic E-state index is 0.0828. The molecule has 1 heterocycles. The zero-order valence-corrected chi connectivity index (χ0v) is 19.3. The van der Waals surface area contributed by atoms with Crippen molar-refractivity contribution in [2.45, 2.75) is 25.9 Å². The molecule has 4 rings (SSSR count). The van der Waals surface area contributed by atoms with E-state index in [1.54, 1.807) is 36.3 Å². The Bertz CT molecular complexity index is 1160. The summed E-state index contributed by atoms with van der Waals surface area (Å²) in [7, 11) is 1.57. The highest BCUT2D eigenvalue weighted by Crippen LogP contribution is 2.37. The van der Waals surface area contributed by atoms with Crippen LogP contribution in [0, 0.1) is 0 Å². The molecule has 1 aliphatic rings. The van der Waals surface area contributed by atoms with Crippen LogP contribution in [0.25, 0.3) is 0 Å². The fraction of sp³-hybridized carbons (Fsp3) is 0.231. The number of rotatable bonds is 8. The maximum Gasteiger partial charge on any atom is 0.255 e. The summed E-state index contributed by atoms with van der Waals surface area (Å²) in [5, 5.41) is 3.49. The highest BCUT2D eigenvalue weighted by molar-refractivity contribution is 6.30. The molecule has 1 N–H and O–H groups in total. The van der Waals surface area contributed by atoms with E-state index in [9.17, 15) is 9.59 Å². The van der Waals surface area contributed by atoms with E-state index in [-0.39, 0.29) is 18.2 Å². The van der Waals surface area contributed by atoms with Gasteiger partial charge in [-0.25, -0.2) is 0 Å². The molecular weight excluding hydrogens is 440 g/mol. The molecule has 0 spiro atoms. The number of hydrogen-bond acceptors (Lipinski definition) is 4. The highest BCUT2D eigenvalue weighted by Gasteiger charge is 2.34. The molecule has 6 nitrogen and oxygen atoms in total. The molecule has 0 saturated heterocycles. The molecule has 3 aromatic carbocycles. The van der Waals surface area contributed by atoms with Crippen molar-refractivity contribution in [1.29, 1.82) is 0 Å². The van der Waals surface area contributed by atoms with Crippen LogP contribution < -0.4 is 14.8 Å². The minimum atomic E-state index is -0.484. The Balaban J connectivity index is 1.65. The van der Waals surface area contributed by atoms with Crippen LogP contribution in [0.3, 0.4) is 0 Å². The lowest BCUT2D eigenvalue weighted by atomic mass is 10.0. The van der Waals surface area contributed by atoms with Crippen LogP contribution in [-0.4, -0.2) is 30.4 Å². The summed E-state index contributed by atoms with van der Waals surface area (Å²) < 4.78 is 11.1. The minimum Gasteiger partial charge on any atom is -0.493 e. The standard InChI is InChI=1S/C26H25ClN2O4/c1-3-33-23-13-8-17(14-24(23)32-2)22(15-25(30)28-20-11-9-19(27)10-12-20)29-16-18-6-4-5-7-21(18)26(29)31/h4-14,22H,3,15-16H2,1-2H3,(H,28,30)/t22-/m1/s1. The number of carbonyl (C=O) groups is 2. The zero-order chi connectivity index (χ0) is 23.4. The lowest BCUT2D eigenvalue weighted by Gasteiger charge is -2.28. The number of ether oxygens (including phenoxy) is 2. The molecule has 0 unspecified atom stereocenters. The van der Waals surface area contributed by atoms with Gasteiger partial charge in [0.25, 0.3) is 5.91 Å². The number of methoxy groups -OCH3 is 1. The Hall–Kier alpha value is -3.51. The second-order valence-electron chi connectivity index (χ2n) is 7.71. The maximum absolute atomic E-state index is 13.2. The highest BCUT2D eigenvalue weighted by atomic mass is 35.5. The number of halogens is 1. The fourth-order valence-electron chi connectivity index (χ4n) is 4.02. The molecule has 170 valence electrons. The van der Waals surface area contributed by atoms with Gasteiger partial charge in [-0.1, -0.05) is 35.9 Å². The molecule has 0 aliphatic carbocycles. The lowest BCUT2D eigenvalue weighted by molar-refractivity contribution is -0.117. The molecule has 1 atom stereocenters. The van der Waals surface area contributed by atoms with Gasteiger partial charge in [-0.05, 0) is 60.5 Å². The van der Waals surface area contributed by atoms with E-state index in [1.807, 2.05) is 49.4 Å². The van der Waals surface area contributed by atoms with Crippen LogP contribution in [0.1, 0.15) is 40.9 Å². The first-order chi connectivity index (χ1) is 16.0. The molecule has 0 saturated carbocycles. The van der Waals surface area contributed by atoms with Gasteiger partial charge in [-0.3, -0.25) is 9.59 Å². The largest absolute Gasteiger partial charge is 0.493 e. The first-order valence-electron chi connectivity index (χ1n) is 10.7. The van der Waals surface area contributed by atoms with Crippen LogP contribution >= 0.6 is 11.6 Å². The van der Waals surface area contributed by atoms with E-state index in [0.717, 1.165) is 11.1 Å². The third-order valence-corrected chi connectivity index (χ3v) is 5.86. The van der Waals surface area contributed by atoms with E-state index in [1.165, 1.54) is 0 Å². The average Bonchev–Trinajstić information content (AvgIpc) is 3.16. The molecule has 3 aromatic rings. The zero-order valence-electron chi connectivity index (χ0n) is 18.5. The molecule has 2 amide bonds. The first-order valence-corrected chi connectivity index (χ1v) is 11.1. The van der Waals surface area contributed by atoms with E-state index in [0.29, 0.717) is 40.9 Å². The fourth-order valence-corrected chi connectivity index (χ4v) is 4.15. The summed E-state index contributed by atoms with van der Waals surface area (Å²) in [4.78, 5) is 28.0. The van der Waals surface area contributed by atoms with E-state index in [4.69, 9.17) is 21.1 Å². The monoisotopic (exact) mass is 464 g/mol. The summed E-state index contributed by atoms with van der Waals surface area (Å²) in [6.07, 6.45) is 0.0828. The predicted octanol–water partition coefficient (Wildman–Crippen LogP) is 5.47. The van der Waals surface area contributed by atoms with Crippen molar-refractivity contribution in [3.63, 3.8) is 0 Å². The molecule has 33 heavy (non-hydrogen) atoms. The van der Waals surface area contributed by atoms with Gasteiger partial charge in [0.1, 0.15) is 0 Å². The average molecular weight is 465 g/mol. The van der Waals surface area contributed by atoms with Gasteiger partial charge in [0.15, 0.2) is 11.5 Å². The van der Waals surface area contributed by atoms with Crippen molar-refractivity contribution >= 4 is 29.1 Å². The van der Waals surface area contributed by atoms with Crippen LogP contribution in [0.15, 0.2) is 66.7 Å². The Morgan fingerprint density at radius 3 is 2.55 bits per heavy atom. The number of benzene rings is 3. The lowest BCUT2D eigenvalue weighted by Crippen LogP contribution is -2.32. The molecular formula is C26H25ClN2O4. The second kappa shape index (κ2) is 9.96. The van der Waals surface area contributed by atoms with Gasteiger partial charge in [-0.15, -0.1) is 0 Å². The summed E-state index contributed by atoms with van der Waals surface area (Å²) in [5.74, 6) is 0.868. The van der Waals surface area contributed by atoms with Crippen molar-refractivity contribution in [3.05, 3.63) is 88.4 Å². The molecule has 0 radical (unpaired) electrons. The van der Waals surface area contributed by atoms with Crippen molar-refractivity contribution in [3.8, 4) is 11.5 Å². The van der Waals surface area contributed by atoms with Gasteiger partial charge in [0, 0.05) is 22.8 Å². The Morgan fingerprint density at radius 2 is 1.85 bits per heavy atom.